The predicted molar refractivity (Wildman–Crippen MR) is 115 cm³/mol. The molecule has 1 atom stereocenters. The van der Waals surface area contributed by atoms with Crippen LogP contribution in [-0.4, -0.2) is 23.9 Å². The van der Waals surface area contributed by atoms with Crippen LogP contribution in [0.2, 0.25) is 0 Å². The molecule has 1 aliphatic rings. The van der Waals surface area contributed by atoms with E-state index in [-0.39, 0.29) is 17.5 Å². The molecule has 5 nitrogen and oxygen atoms in total. The molecule has 1 unspecified atom stereocenters. The van der Waals surface area contributed by atoms with Crippen molar-refractivity contribution < 1.29 is 9.21 Å². The van der Waals surface area contributed by atoms with Crippen LogP contribution in [0.5, 0.6) is 0 Å². The Labute approximate surface area is 170 Å². The first-order valence-electron chi connectivity index (χ1n) is 10.3. The number of carbonyl (C=O) groups is 1. The second-order valence-electron chi connectivity index (χ2n) is 7.70. The summed E-state index contributed by atoms with van der Waals surface area (Å²) in [5.41, 5.74) is 3.25. The number of nitrogens with zero attached hydrogens (tertiary/aromatic N) is 1. The molecule has 1 saturated heterocycles. The van der Waals surface area contributed by atoms with Crippen molar-refractivity contribution in [3.8, 4) is 0 Å². The Hall–Kier alpha value is -2.92. The van der Waals surface area contributed by atoms with Crippen molar-refractivity contribution in [2.24, 2.45) is 5.92 Å². The van der Waals surface area contributed by atoms with Gasteiger partial charge in [-0.2, -0.15) is 0 Å². The number of para-hydroxylation sites is 1. The lowest BCUT2D eigenvalue weighted by Gasteiger charge is -2.32. The lowest BCUT2D eigenvalue weighted by molar-refractivity contribution is -0.121. The topological polar surface area (TPSA) is 62.6 Å². The molecule has 1 aliphatic heterocycles. The number of amides is 1. The van der Waals surface area contributed by atoms with Gasteiger partial charge < -0.3 is 9.73 Å². The summed E-state index contributed by atoms with van der Waals surface area (Å²) < 4.78 is 5.42. The van der Waals surface area contributed by atoms with Gasteiger partial charge in [-0.3, -0.25) is 9.69 Å². The van der Waals surface area contributed by atoms with Crippen LogP contribution in [0.15, 0.2) is 63.8 Å². The molecule has 2 aromatic carbocycles. The number of hydrogen-bond acceptors (Lipinski definition) is 4. The molecule has 4 rings (SSSR count). The Morgan fingerprint density at radius 1 is 1.17 bits per heavy atom. The van der Waals surface area contributed by atoms with Gasteiger partial charge in [-0.1, -0.05) is 37.3 Å². The summed E-state index contributed by atoms with van der Waals surface area (Å²) in [4.78, 5) is 27.0. The Morgan fingerprint density at radius 2 is 2.00 bits per heavy atom. The molecule has 0 spiro atoms. The van der Waals surface area contributed by atoms with E-state index < -0.39 is 0 Å². The summed E-state index contributed by atoms with van der Waals surface area (Å²) in [7, 11) is 0. The zero-order valence-corrected chi connectivity index (χ0v) is 16.7. The summed E-state index contributed by atoms with van der Waals surface area (Å²) in [6.45, 7) is 4.33. The number of benzene rings is 2. The van der Waals surface area contributed by atoms with Gasteiger partial charge in [-0.05, 0) is 55.1 Å². The van der Waals surface area contributed by atoms with E-state index in [4.69, 9.17) is 4.42 Å². The normalized spacial score (nSPS) is 17.3. The van der Waals surface area contributed by atoms with Gasteiger partial charge in [-0.25, -0.2) is 4.79 Å². The average Bonchev–Trinajstić information content (AvgIpc) is 2.74. The fourth-order valence-electron chi connectivity index (χ4n) is 4.04. The summed E-state index contributed by atoms with van der Waals surface area (Å²) >= 11 is 0. The van der Waals surface area contributed by atoms with Crippen LogP contribution in [0, 0.1) is 5.92 Å². The van der Waals surface area contributed by atoms with Crippen LogP contribution in [0.3, 0.4) is 0 Å². The van der Waals surface area contributed by atoms with E-state index in [0.717, 1.165) is 48.0 Å². The number of carbonyl (C=O) groups excluding carboxylic acids is 1. The van der Waals surface area contributed by atoms with Gasteiger partial charge in [0, 0.05) is 30.2 Å². The molecular weight excluding hydrogens is 364 g/mol. The molecule has 3 aromatic rings. The molecule has 1 amide bonds. The van der Waals surface area contributed by atoms with Gasteiger partial charge in [0.1, 0.15) is 5.58 Å². The highest BCUT2D eigenvalue weighted by molar-refractivity contribution is 5.92. The van der Waals surface area contributed by atoms with Gasteiger partial charge >= 0.3 is 5.63 Å². The van der Waals surface area contributed by atoms with Crippen LogP contribution in [0.25, 0.3) is 11.0 Å². The highest BCUT2D eigenvalue weighted by atomic mass is 16.4. The van der Waals surface area contributed by atoms with E-state index in [2.05, 4.69) is 23.2 Å². The smallest absolute Gasteiger partial charge is 0.336 e. The Kier molecular flexibility index (Phi) is 5.76. The van der Waals surface area contributed by atoms with Crippen molar-refractivity contribution in [3.63, 3.8) is 0 Å². The maximum atomic E-state index is 12.7. The molecule has 0 radical (unpaired) electrons. The zero-order valence-electron chi connectivity index (χ0n) is 16.7. The summed E-state index contributed by atoms with van der Waals surface area (Å²) in [6.07, 6.45) is 2.74. The van der Waals surface area contributed by atoms with Crippen molar-refractivity contribution in [2.45, 2.75) is 32.7 Å². The number of nitrogens with one attached hydrogen (secondary N) is 1. The highest BCUT2D eigenvalue weighted by Crippen LogP contribution is 2.24. The Morgan fingerprint density at radius 3 is 2.79 bits per heavy atom. The number of piperidine rings is 1. The first-order valence-corrected chi connectivity index (χ1v) is 10.3. The van der Waals surface area contributed by atoms with Crippen molar-refractivity contribution in [1.29, 1.82) is 0 Å². The van der Waals surface area contributed by atoms with Gasteiger partial charge in [0.25, 0.3) is 0 Å². The standard InChI is InChI=1S/C24H26N2O3/c1-2-17-10-11-21-19(14-23(27)29-22(21)13-17)16-26-12-6-7-18(15-26)24(28)25-20-8-4-3-5-9-20/h3-5,8-11,13-14,18H,2,6-7,12,15-16H2,1H3,(H,25,28). The molecule has 0 bridgehead atoms. The third-order valence-electron chi connectivity index (χ3n) is 5.61. The fourth-order valence-corrected chi connectivity index (χ4v) is 4.04. The van der Waals surface area contributed by atoms with Crippen LogP contribution < -0.4 is 10.9 Å². The van der Waals surface area contributed by atoms with Crippen LogP contribution in [-0.2, 0) is 17.8 Å². The van der Waals surface area contributed by atoms with Crippen LogP contribution >= 0.6 is 0 Å². The number of rotatable bonds is 5. The van der Waals surface area contributed by atoms with Crippen LogP contribution in [0.1, 0.15) is 30.9 Å². The third kappa shape index (κ3) is 4.57. The minimum atomic E-state index is -0.323. The maximum Gasteiger partial charge on any atom is 0.336 e. The maximum absolute atomic E-state index is 12.7. The van der Waals surface area contributed by atoms with Gasteiger partial charge in [0.2, 0.25) is 5.91 Å². The summed E-state index contributed by atoms with van der Waals surface area (Å²) in [6, 6.07) is 17.2. The molecule has 5 heteroatoms. The zero-order chi connectivity index (χ0) is 20.2. The lowest BCUT2D eigenvalue weighted by Crippen LogP contribution is -2.40. The summed E-state index contributed by atoms with van der Waals surface area (Å²) in [5.74, 6) is 0.00737. The van der Waals surface area contributed by atoms with Crippen molar-refractivity contribution in [2.75, 3.05) is 18.4 Å². The molecule has 1 N–H and O–H groups in total. The molecule has 1 aromatic heterocycles. The highest BCUT2D eigenvalue weighted by Gasteiger charge is 2.26. The van der Waals surface area contributed by atoms with Crippen molar-refractivity contribution >= 4 is 22.6 Å². The molecule has 0 aliphatic carbocycles. The largest absolute Gasteiger partial charge is 0.423 e. The first kappa shape index (κ1) is 19.4. The predicted octanol–water partition coefficient (Wildman–Crippen LogP) is 4.21. The van der Waals surface area contributed by atoms with E-state index in [9.17, 15) is 9.59 Å². The number of fused-ring (bicyclic) bond motifs is 1. The Bertz CT molecular complexity index is 1060. The minimum Gasteiger partial charge on any atom is -0.423 e. The van der Waals surface area contributed by atoms with E-state index >= 15 is 0 Å². The van der Waals surface area contributed by atoms with E-state index in [0.29, 0.717) is 18.7 Å². The van der Waals surface area contributed by atoms with Gasteiger partial charge in [-0.15, -0.1) is 0 Å². The quantitative estimate of drug-likeness (QED) is 0.663. The summed E-state index contributed by atoms with van der Waals surface area (Å²) in [5, 5.41) is 3.99. The molecule has 1 fully saturated rings. The molecule has 29 heavy (non-hydrogen) atoms. The second-order valence-corrected chi connectivity index (χ2v) is 7.70. The van der Waals surface area contributed by atoms with E-state index in [1.54, 1.807) is 6.07 Å². The van der Waals surface area contributed by atoms with Crippen LogP contribution in [0.4, 0.5) is 5.69 Å². The molecule has 0 saturated carbocycles. The number of aryl methyl sites for hydroxylation is 1. The minimum absolute atomic E-state index is 0.0537. The number of anilines is 1. The third-order valence-corrected chi connectivity index (χ3v) is 5.61. The molecule has 2 heterocycles. The molecular formula is C24H26N2O3. The van der Waals surface area contributed by atoms with Gasteiger partial charge in [0.15, 0.2) is 0 Å². The average molecular weight is 390 g/mol. The van der Waals surface area contributed by atoms with E-state index in [1.807, 2.05) is 42.5 Å². The number of hydrogen-bond donors (Lipinski definition) is 1. The number of likely N-dealkylation sites (tertiary alicyclic amines) is 1. The van der Waals surface area contributed by atoms with E-state index in [1.165, 1.54) is 0 Å². The Balaban J connectivity index is 1.49. The monoisotopic (exact) mass is 390 g/mol. The van der Waals surface area contributed by atoms with Crippen molar-refractivity contribution in [1.82, 2.24) is 4.90 Å². The molecule has 150 valence electrons. The second kappa shape index (κ2) is 8.62. The first-order chi connectivity index (χ1) is 14.1. The fraction of sp³-hybridized carbons (Fsp3) is 0.333. The van der Waals surface area contributed by atoms with Crippen molar-refractivity contribution in [3.05, 3.63) is 76.1 Å². The van der Waals surface area contributed by atoms with Gasteiger partial charge in [0.05, 0.1) is 5.92 Å². The lowest BCUT2D eigenvalue weighted by atomic mass is 9.96. The SMILES string of the molecule is CCc1ccc2c(CN3CCCC(C(=O)Nc4ccccc4)C3)cc(=O)oc2c1.